The lowest BCUT2D eigenvalue weighted by Crippen LogP contribution is -2.40. The average Bonchev–Trinajstić information content (AvgIpc) is 3.19. The van der Waals surface area contributed by atoms with Gasteiger partial charge in [0, 0.05) is 37.4 Å². The Morgan fingerprint density at radius 2 is 2.30 bits per heavy atom. The Balaban J connectivity index is 1.72. The zero-order valence-corrected chi connectivity index (χ0v) is 14.7. The Morgan fingerprint density at radius 1 is 1.43 bits per heavy atom. The number of nitrogens with one attached hydrogen (secondary N) is 1. The van der Waals surface area contributed by atoms with Crippen LogP contribution in [0.5, 0.6) is 0 Å². The van der Waals surface area contributed by atoms with E-state index in [9.17, 15) is 0 Å². The first-order valence-electron chi connectivity index (χ1n) is 8.29. The molecule has 1 fully saturated rings. The van der Waals surface area contributed by atoms with Crippen molar-refractivity contribution in [2.24, 2.45) is 10.9 Å². The van der Waals surface area contributed by atoms with E-state index in [1.807, 2.05) is 0 Å². The summed E-state index contributed by atoms with van der Waals surface area (Å²) in [5, 5.41) is 7.00. The molecule has 0 bridgehead atoms. The van der Waals surface area contributed by atoms with Gasteiger partial charge in [0.05, 0.1) is 13.2 Å². The summed E-state index contributed by atoms with van der Waals surface area (Å²) in [5.74, 6) is 1.65. The first-order valence-corrected chi connectivity index (χ1v) is 9.17. The van der Waals surface area contributed by atoms with E-state index in [1.54, 1.807) is 18.4 Å². The molecule has 0 radical (unpaired) electrons. The molecule has 1 atom stereocenters. The van der Waals surface area contributed by atoms with Gasteiger partial charge in [-0.2, -0.15) is 0 Å². The molecule has 1 aliphatic heterocycles. The number of methoxy groups -OCH3 is 1. The summed E-state index contributed by atoms with van der Waals surface area (Å²) < 4.78 is 6.63. The van der Waals surface area contributed by atoms with Crippen LogP contribution in [-0.4, -0.2) is 44.2 Å². The molecule has 5 heteroatoms. The van der Waals surface area contributed by atoms with E-state index < -0.39 is 0 Å². The van der Waals surface area contributed by atoms with Crippen molar-refractivity contribution in [2.45, 2.75) is 19.9 Å². The van der Waals surface area contributed by atoms with Gasteiger partial charge in [-0.25, -0.2) is 4.99 Å². The van der Waals surface area contributed by atoms with Gasteiger partial charge >= 0.3 is 0 Å². The Hall–Kier alpha value is -1.59. The van der Waals surface area contributed by atoms with Crippen LogP contribution in [0.25, 0.3) is 10.1 Å². The van der Waals surface area contributed by atoms with Crippen molar-refractivity contribution in [2.75, 3.05) is 33.4 Å². The van der Waals surface area contributed by atoms with Crippen molar-refractivity contribution in [1.29, 1.82) is 0 Å². The molecule has 1 saturated heterocycles. The summed E-state index contributed by atoms with van der Waals surface area (Å²) in [7, 11) is 1.78. The van der Waals surface area contributed by atoms with E-state index in [4.69, 9.17) is 9.73 Å². The number of rotatable bonds is 5. The average molecular weight is 331 g/mol. The highest BCUT2D eigenvalue weighted by Gasteiger charge is 2.24. The third-order valence-corrected chi connectivity index (χ3v) is 5.30. The van der Waals surface area contributed by atoms with Gasteiger partial charge in [0.25, 0.3) is 0 Å². The maximum Gasteiger partial charge on any atom is 0.194 e. The molecule has 0 saturated carbocycles. The van der Waals surface area contributed by atoms with Crippen LogP contribution in [0.4, 0.5) is 0 Å². The molecule has 2 aromatic rings. The standard InChI is InChI=1S/C18H25N3OS/c1-3-19-18(21-9-8-14(11-21)12-22-2)20-10-15-13-23-17-7-5-4-6-16(15)17/h4-7,13-14H,3,8-12H2,1-2H3,(H,19,20). The summed E-state index contributed by atoms with van der Waals surface area (Å²) in [6.45, 7) is 6.68. The van der Waals surface area contributed by atoms with Crippen LogP contribution in [0.2, 0.25) is 0 Å². The van der Waals surface area contributed by atoms with Crippen molar-refractivity contribution in [3.63, 3.8) is 0 Å². The van der Waals surface area contributed by atoms with Gasteiger partial charge in [0.1, 0.15) is 0 Å². The Morgan fingerprint density at radius 3 is 3.13 bits per heavy atom. The minimum absolute atomic E-state index is 0.617. The molecular weight excluding hydrogens is 306 g/mol. The molecule has 4 nitrogen and oxygen atoms in total. The molecule has 1 aliphatic rings. The largest absolute Gasteiger partial charge is 0.384 e. The molecule has 1 N–H and O–H groups in total. The number of aliphatic imine (C=N–C) groups is 1. The predicted molar refractivity (Wildman–Crippen MR) is 98.2 cm³/mol. The quantitative estimate of drug-likeness (QED) is 0.674. The zero-order chi connectivity index (χ0) is 16.1. The number of thiophene rings is 1. The summed E-state index contributed by atoms with van der Waals surface area (Å²) in [4.78, 5) is 7.24. The number of likely N-dealkylation sites (tertiary alicyclic amines) is 1. The van der Waals surface area contributed by atoms with Crippen molar-refractivity contribution in [3.05, 3.63) is 35.2 Å². The van der Waals surface area contributed by atoms with Crippen LogP contribution < -0.4 is 5.32 Å². The van der Waals surface area contributed by atoms with Crippen LogP contribution in [0.1, 0.15) is 18.9 Å². The van der Waals surface area contributed by atoms with E-state index in [0.29, 0.717) is 5.92 Å². The number of ether oxygens (including phenoxy) is 1. The fourth-order valence-corrected chi connectivity index (χ4v) is 4.09. The van der Waals surface area contributed by atoms with Crippen LogP contribution in [0.15, 0.2) is 34.6 Å². The lowest BCUT2D eigenvalue weighted by atomic mass is 10.1. The molecule has 1 aromatic carbocycles. The van der Waals surface area contributed by atoms with Crippen molar-refractivity contribution < 1.29 is 4.74 Å². The zero-order valence-electron chi connectivity index (χ0n) is 13.9. The monoisotopic (exact) mass is 331 g/mol. The van der Waals surface area contributed by atoms with Crippen molar-refractivity contribution in [1.82, 2.24) is 10.2 Å². The normalized spacial score (nSPS) is 18.8. The molecule has 0 spiro atoms. The molecular formula is C18H25N3OS. The second-order valence-electron chi connectivity index (χ2n) is 5.98. The van der Waals surface area contributed by atoms with E-state index in [-0.39, 0.29) is 0 Å². The number of hydrogen-bond donors (Lipinski definition) is 1. The number of fused-ring (bicyclic) bond motifs is 1. The summed E-state index contributed by atoms with van der Waals surface area (Å²) >= 11 is 1.80. The SMILES string of the molecule is CCNC(=NCc1csc2ccccc12)N1CCC(COC)C1. The molecule has 3 rings (SSSR count). The highest BCUT2D eigenvalue weighted by Crippen LogP contribution is 2.26. The third-order valence-electron chi connectivity index (χ3n) is 4.28. The van der Waals surface area contributed by atoms with E-state index in [0.717, 1.165) is 38.7 Å². The topological polar surface area (TPSA) is 36.9 Å². The van der Waals surface area contributed by atoms with Gasteiger partial charge in [-0.3, -0.25) is 0 Å². The number of benzene rings is 1. The highest BCUT2D eigenvalue weighted by molar-refractivity contribution is 7.17. The summed E-state index contributed by atoms with van der Waals surface area (Å²) in [5.41, 5.74) is 1.31. The van der Waals surface area contributed by atoms with Crippen LogP contribution in [0.3, 0.4) is 0 Å². The molecule has 23 heavy (non-hydrogen) atoms. The van der Waals surface area contributed by atoms with Crippen LogP contribution in [0, 0.1) is 5.92 Å². The molecule has 1 unspecified atom stereocenters. The van der Waals surface area contributed by atoms with Gasteiger partial charge in [-0.15, -0.1) is 11.3 Å². The lowest BCUT2D eigenvalue weighted by molar-refractivity contribution is 0.157. The minimum atomic E-state index is 0.617. The minimum Gasteiger partial charge on any atom is -0.384 e. The number of nitrogens with zero attached hydrogens (tertiary/aromatic N) is 2. The van der Waals surface area contributed by atoms with Crippen LogP contribution in [-0.2, 0) is 11.3 Å². The first-order chi connectivity index (χ1) is 11.3. The third kappa shape index (κ3) is 3.85. The van der Waals surface area contributed by atoms with Crippen LogP contribution >= 0.6 is 11.3 Å². The van der Waals surface area contributed by atoms with Gasteiger partial charge in [0.15, 0.2) is 5.96 Å². The molecule has 1 aromatic heterocycles. The Kier molecular flexibility index (Phi) is 5.51. The van der Waals surface area contributed by atoms with E-state index in [1.165, 1.54) is 22.1 Å². The molecule has 124 valence electrons. The fraction of sp³-hybridized carbons (Fsp3) is 0.500. The fourth-order valence-electron chi connectivity index (χ4n) is 3.14. The lowest BCUT2D eigenvalue weighted by Gasteiger charge is -2.21. The van der Waals surface area contributed by atoms with Gasteiger partial charge in [0.2, 0.25) is 0 Å². The number of guanidine groups is 1. The Labute approximate surface area is 142 Å². The van der Waals surface area contributed by atoms with Gasteiger partial charge in [-0.1, -0.05) is 18.2 Å². The van der Waals surface area contributed by atoms with E-state index >= 15 is 0 Å². The number of hydrogen-bond acceptors (Lipinski definition) is 3. The maximum atomic E-state index is 5.30. The second kappa shape index (κ2) is 7.79. The van der Waals surface area contributed by atoms with Crippen molar-refractivity contribution in [3.8, 4) is 0 Å². The van der Waals surface area contributed by atoms with Gasteiger partial charge in [-0.05, 0) is 35.7 Å². The first kappa shape index (κ1) is 16.3. The molecule has 0 amide bonds. The smallest absolute Gasteiger partial charge is 0.194 e. The Bertz CT molecular complexity index is 667. The van der Waals surface area contributed by atoms with E-state index in [2.05, 4.69) is 46.8 Å². The van der Waals surface area contributed by atoms with Gasteiger partial charge < -0.3 is 15.0 Å². The molecule has 0 aliphatic carbocycles. The summed E-state index contributed by atoms with van der Waals surface area (Å²) in [6, 6.07) is 8.56. The second-order valence-corrected chi connectivity index (χ2v) is 6.89. The summed E-state index contributed by atoms with van der Waals surface area (Å²) in [6.07, 6.45) is 1.18. The van der Waals surface area contributed by atoms with Crippen molar-refractivity contribution >= 4 is 27.4 Å². The predicted octanol–water partition coefficient (Wildman–Crippen LogP) is 3.34. The molecule has 2 heterocycles. The maximum absolute atomic E-state index is 5.30. The highest BCUT2D eigenvalue weighted by atomic mass is 32.1.